The zero-order valence-corrected chi connectivity index (χ0v) is 26.2. The van der Waals surface area contributed by atoms with Gasteiger partial charge in [-0.3, -0.25) is 14.4 Å². The highest BCUT2D eigenvalue weighted by molar-refractivity contribution is 6.05. The fraction of sp³-hybridized carbons (Fsp3) is 0.618. The molecule has 1 aromatic carbocycles. The first-order valence-corrected chi connectivity index (χ1v) is 16.0. The fourth-order valence-electron chi connectivity index (χ4n) is 7.57. The van der Waals surface area contributed by atoms with Crippen LogP contribution in [0.15, 0.2) is 48.6 Å². The molecule has 43 heavy (non-hydrogen) atoms. The van der Waals surface area contributed by atoms with Crippen LogP contribution in [0.3, 0.4) is 0 Å². The Balaban J connectivity index is 1.63. The number of anilines is 2. The highest BCUT2D eigenvalue weighted by Crippen LogP contribution is 2.58. The molecule has 4 heterocycles. The molecule has 234 valence electrons. The van der Waals surface area contributed by atoms with Gasteiger partial charge in [-0.15, -0.1) is 0 Å². The number of cyclic esters (lactones) is 1. The molecule has 9 heteroatoms. The van der Waals surface area contributed by atoms with E-state index in [0.717, 1.165) is 38.0 Å². The number of carbonyl (C=O) groups excluding carboxylic acids is 3. The fourth-order valence-corrected chi connectivity index (χ4v) is 7.57. The van der Waals surface area contributed by atoms with E-state index in [9.17, 15) is 19.5 Å². The molecule has 0 aliphatic carbocycles. The molecule has 1 spiro atoms. The van der Waals surface area contributed by atoms with Crippen molar-refractivity contribution < 1.29 is 29.0 Å². The molecule has 2 saturated heterocycles. The summed E-state index contributed by atoms with van der Waals surface area (Å²) in [5.74, 6) is -3.12. The maximum atomic E-state index is 14.8. The van der Waals surface area contributed by atoms with Crippen molar-refractivity contribution in [3.63, 3.8) is 0 Å². The number of rotatable bonds is 8. The number of likely N-dealkylation sites (tertiary alicyclic amines) is 1. The van der Waals surface area contributed by atoms with Crippen LogP contribution in [-0.2, 0) is 23.9 Å². The maximum absolute atomic E-state index is 14.8. The summed E-state index contributed by atoms with van der Waals surface area (Å²) in [5, 5.41) is 10.6. The molecule has 1 N–H and O–H groups in total. The highest BCUT2D eigenvalue weighted by atomic mass is 16.6. The highest BCUT2D eigenvalue weighted by Gasteiger charge is 2.75. The SMILES string of the molecule is CC[C@H](C)[C@H](CO)N1C(=O)[C@@H]2[C@H]3C(=O)OCCCC/C=C\[C@@]3(C)O[C@@]23C=CCN(c2ccc(N(CC)CC)cc2)C(=O)C13. The number of aliphatic hydroxyl groups excluding tert-OH is 1. The quantitative estimate of drug-likeness (QED) is 0.358. The number of ether oxygens (including phenoxy) is 2. The Morgan fingerprint density at radius 2 is 1.72 bits per heavy atom. The average Bonchev–Trinajstić information content (AvgIpc) is 3.33. The standard InChI is InChI=1S/C34H47N3O6/c1-6-23(4)26(22-38)37-29-31(40)36(25-16-14-24(15-17-25)35(7-2)8-3)20-13-19-34(29)27(30(37)39)28-32(41)42-21-12-10-9-11-18-33(28,5)43-34/h11,13-19,23,26-29,38H,6-10,12,20-22H2,1-5H3/b18-11-/t23-,26-,27-,28-,29?,33+,34-/m0/s1. The lowest BCUT2D eigenvalue weighted by atomic mass is 9.74. The van der Waals surface area contributed by atoms with Gasteiger partial charge in [0, 0.05) is 31.0 Å². The zero-order chi connectivity index (χ0) is 30.9. The summed E-state index contributed by atoms with van der Waals surface area (Å²) in [6, 6.07) is 6.22. The van der Waals surface area contributed by atoms with E-state index in [1.165, 1.54) is 0 Å². The van der Waals surface area contributed by atoms with Gasteiger partial charge in [-0.1, -0.05) is 44.6 Å². The van der Waals surface area contributed by atoms with Gasteiger partial charge in [0.15, 0.2) is 0 Å². The summed E-state index contributed by atoms with van der Waals surface area (Å²) >= 11 is 0. The van der Waals surface area contributed by atoms with E-state index in [1.54, 1.807) is 9.80 Å². The van der Waals surface area contributed by atoms with Crippen LogP contribution < -0.4 is 9.80 Å². The van der Waals surface area contributed by atoms with Gasteiger partial charge in [-0.25, -0.2) is 0 Å². The lowest BCUT2D eigenvalue weighted by Gasteiger charge is -2.41. The summed E-state index contributed by atoms with van der Waals surface area (Å²) in [7, 11) is 0. The second-order valence-corrected chi connectivity index (χ2v) is 12.5. The normalized spacial score (nSPS) is 32.8. The molecule has 4 aliphatic rings. The first-order chi connectivity index (χ1) is 20.7. The third-order valence-corrected chi connectivity index (χ3v) is 10.1. The van der Waals surface area contributed by atoms with Crippen LogP contribution in [0.2, 0.25) is 0 Å². The van der Waals surface area contributed by atoms with E-state index in [0.29, 0.717) is 12.1 Å². The molecular weight excluding hydrogens is 546 g/mol. The average molecular weight is 594 g/mol. The van der Waals surface area contributed by atoms with Crippen LogP contribution in [0.1, 0.15) is 60.3 Å². The summed E-state index contributed by atoms with van der Waals surface area (Å²) < 4.78 is 12.6. The van der Waals surface area contributed by atoms with Gasteiger partial charge in [-0.05, 0) is 70.2 Å². The minimum absolute atomic E-state index is 0.0889. The van der Waals surface area contributed by atoms with E-state index >= 15 is 0 Å². The van der Waals surface area contributed by atoms with E-state index in [-0.39, 0.29) is 37.5 Å². The predicted molar refractivity (Wildman–Crippen MR) is 166 cm³/mol. The molecule has 1 unspecified atom stereocenters. The van der Waals surface area contributed by atoms with Gasteiger partial charge in [0.05, 0.1) is 30.8 Å². The Kier molecular flexibility index (Phi) is 9.05. The molecule has 7 atom stereocenters. The van der Waals surface area contributed by atoms with Crippen molar-refractivity contribution in [3.8, 4) is 0 Å². The minimum atomic E-state index is -1.40. The van der Waals surface area contributed by atoms with Crippen molar-refractivity contribution >= 4 is 29.2 Å². The van der Waals surface area contributed by atoms with Crippen molar-refractivity contribution in [1.29, 1.82) is 0 Å². The van der Waals surface area contributed by atoms with Crippen LogP contribution in [-0.4, -0.2) is 83.9 Å². The van der Waals surface area contributed by atoms with Crippen molar-refractivity contribution in [3.05, 3.63) is 48.6 Å². The summed E-state index contributed by atoms with van der Waals surface area (Å²) in [4.78, 5) is 48.6. The Bertz CT molecular complexity index is 1260. The second-order valence-electron chi connectivity index (χ2n) is 12.5. The first-order valence-electron chi connectivity index (χ1n) is 16.0. The van der Waals surface area contributed by atoms with Crippen molar-refractivity contribution in [1.82, 2.24) is 4.90 Å². The molecule has 2 fully saturated rings. The third-order valence-electron chi connectivity index (χ3n) is 10.1. The Morgan fingerprint density at radius 3 is 2.37 bits per heavy atom. The number of fused-ring (bicyclic) bond motifs is 2. The molecule has 5 rings (SSSR count). The van der Waals surface area contributed by atoms with E-state index in [1.807, 2.05) is 69.3 Å². The lowest BCUT2D eigenvalue weighted by molar-refractivity contribution is -0.160. The van der Waals surface area contributed by atoms with Crippen LogP contribution in [0.25, 0.3) is 0 Å². The maximum Gasteiger partial charge on any atom is 0.313 e. The number of allylic oxidation sites excluding steroid dienone is 1. The topological polar surface area (TPSA) is 99.6 Å². The number of esters is 1. The number of carbonyl (C=O) groups is 3. The van der Waals surface area contributed by atoms with Gasteiger partial charge >= 0.3 is 5.97 Å². The molecule has 1 aromatic rings. The largest absolute Gasteiger partial charge is 0.465 e. The van der Waals surface area contributed by atoms with E-state index in [4.69, 9.17) is 9.47 Å². The number of nitrogens with zero attached hydrogens (tertiary/aromatic N) is 3. The molecule has 0 bridgehead atoms. The van der Waals surface area contributed by atoms with E-state index < -0.39 is 41.1 Å². The summed E-state index contributed by atoms with van der Waals surface area (Å²) in [6.07, 6.45) is 10.7. The molecule has 0 radical (unpaired) electrons. The predicted octanol–water partition coefficient (Wildman–Crippen LogP) is 4.10. The van der Waals surface area contributed by atoms with Crippen molar-refractivity contribution in [2.24, 2.45) is 17.8 Å². The van der Waals surface area contributed by atoms with Crippen molar-refractivity contribution in [2.45, 2.75) is 83.6 Å². The molecule has 0 saturated carbocycles. The van der Waals surface area contributed by atoms with Crippen molar-refractivity contribution in [2.75, 3.05) is 42.6 Å². The molecule has 2 amide bonds. The monoisotopic (exact) mass is 593 g/mol. The number of hydrogen-bond donors (Lipinski definition) is 1. The first kappa shape index (κ1) is 31.3. The smallest absolute Gasteiger partial charge is 0.313 e. The molecular formula is C34H47N3O6. The van der Waals surface area contributed by atoms with Gasteiger partial charge in [-0.2, -0.15) is 0 Å². The second kappa shape index (κ2) is 12.4. The van der Waals surface area contributed by atoms with Crippen LogP contribution >= 0.6 is 0 Å². The molecule has 9 nitrogen and oxygen atoms in total. The number of benzene rings is 1. The summed E-state index contributed by atoms with van der Waals surface area (Å²) in [5.41, 5.74) is -0.764. The van der Waals surface area contributed by atoms with Gasteiger partial charge in [0.1, 0.15) is 17.6 Å². The zero-order valence-electron chi connectivity index (χ0n) is 26.2. The molecule has 4 aliphatic heterocycles. The van der Waals surface area contributed by atoms with E-state index in [2.05, 4.69) is 18.7 Å². The Morgan fingerprint density at radius 1 is 1.00 bits per heavy atom. The molecule has 0 aromatic heterocycles. The number of hydrogen-bond acceptors (Lipinski definition) is 7. The van der Waals surface area contributed by atoms with Gasteiger partial charge < -0.3 is 29.3 Å². The lowest BCUT2D eigenvalue weighted by Crippen LogP contribution is -2.60. The number of amides is 2. The van der Waals surface area contributed by atoms with Gasteiger partial charge in [0.25, 0.3) is 5.91 Å². The van der Waals surface area contributed by atoms with Crippen LogP contribution in [0.4, 0.5) is 11.4 Å². The Labute approximate surface area is 255 Å². The van der Waals surface area contributed by atoms with Crippen LogP contribution in [0, 0.1) is 17.8 Å². The third kappa shape index (κ3) is 5.18. The minimum Gasteiger partial charge on any atom is -0.465 e. The van der Waals surface area contributed by atoms with Gasteiger partial charge in [0.2, 0.25) is 5.91 Å². The Hall–Kier alpha value is -3.17. The number of aliphatic hydroxyl groups is 1. The summed E-state index contributed by atoms with van der Waals surface area (Å²) in [6.45, 7) is 12.0. The van der Waals surface area contributed by atoms with Crippen LogP contribution in [0.5, 0.6) is 0 Å².